The molecule has 3 aromatic rings. The number of rotatable bonds is 8. The van der Waals surface area contributed by atoms with Gasteiger partial charge in [0.05, 0.1) is 11.1 Å². The lowest BCUT2D eigenvalue weighted by Gasteiger charge is -2.07. The Bertz CT molecular complexity index is 1150. The lowest BCUT2D eigenvalue weighted by molar-refractivity contribution is -0.384. The standard InChI is InChI=1S/C22H17BrN4O5/c23-17-3-1-2-16(12-17)22(29)26-24-13-15-4-10-20(11-5-15)32-14-21(28)25-18-6-8-19(9-7-18)27(30)31/h1-13H,14H2,(H,25,28)(H,26,29)/b24-13-. The van der Waals surface area contributed by atoms with Crippen molar-refractivity contribution in [3.05, 3.63) is 98.5 Å². The van der Waals surface area contributed by atoms with Gasteiger partial charge in [-0.05, 0) is 60.2 Å². The van der Waals surface area contributed by atoms with E-state index in [1.54, 1.807) is 42.5 Å². The largest absolute Gasteiger partial charge is 0.484 e. The van der Waals surface area contributed by atoms with Crippen LogP contribution in [0.1, 0.15) is 15.9 Å². The zero-order valence-electron chi connectivity index (χ0n) is 16.5. The molecule has 0 spiro atoms. The smallest absolute Gasteiger partial charge is 0.271 e. The minimum absolute atomic E-state index is 0.0596. The first-order chi connectivity index (χ1) is 15.4. The Morgan fingerprint density at radius 2 is 1.78 bits per heavy atom. The van der Waals surface area contributed by atoms with E-state index < -0.39 is 10.8 Å². The van der Waals surface area contributed by atoms with Gasteiger partial charge in [0.1, 0.15) is 5.75 Å². The summed E-state index contributed by atoms with van der Waals surface area (Å²) in [4.78, 5) is 34.1. The number of ether oxygens (including phenoxy) is 1. The first kappa shape index (κ1) is 22.6. The SMILES string of the molecule is O=C(COc1ccc(/C=N\NC(=O)c2cccc(Br)c2)cc1)Nc1ccc([N+](=O)[O-])cc1. The van der Waals surface area contributed by atoms with Crippen molar-refractivity contribution in [2.45, 2.75) is 0 Å². The molecular formula is C22H17BrN4O5. The van der Waals surface area contributed by atoms with E-state index in [0.717, 1.165) is 10.0 Å². The highest BCUT2D eigenvalue weighted by Gasteiger charge is 2.07. The number of hydrazone groups is 1. The molecule has 0 saturated carbocycles. The summed E-state index contributed by atoms with van der Waals surface area (Å²) >= 11 is 3.31. The molecule has 2 N–H and O–H groups in total. The summed E-state index contributed by atoms with van der Waals surface area (Å²) in [6.07, 6.45) is 1.49. The van der Waals surface area contributed by atoms with E-state index in [1.807, 2.05) is 6.07 Å². The van der Waals surface area contributed by atoms with E-state index in [4.69, 9.17) is 4.74 Å². The van der Waals surface area contributed by atoms with E-state index in [0.29, 0.717) is 17.0 Å². The van der Waals surface area contributed by atoms with Crippen molar-refractivity contribution >= 4 is 45.3 Å². The van der Waals surface area contributed by atoms with Crippen molar-refractivity contribution in [2.75, 3.05) is 11.9 Å². The Morgan fingerprint density at radius 3 is 2.44 bits per heavy atom. The summed E-state index contributed by atoms with van der Waals surface area (Å²) in [5.74, 6) is -0.263. The maximum Gasteiger partial charge on any atom is 0.271 e. The number of non-ortho nitro benzene ring substituents is 1. The molecule has 0 unspecified atom stereocenters. The van der Waals surface area contributed by atoms with Crippen molar-refractivity contribution in [1.82, 2.24) is 5.43 Å². The molecule has 0 fully saturated rings. The number of benzene rings is 3. The Balaban J connectivity index is 1.45. The Morgan fingerprint density at radius 1 is 1.06 bits per heavy atom. The maximum absolute atomic E-state index is 12.0. The highest BCUT2D eigenvalue weighted by Crippen LogP contribution is 2.16. The maximum atomic E-state index is 12.0. The normalized spacial score (nSPS) is 10.5. The van der Waals surface area contributed by atoms with Crippen molar-refractivity contribution in [3.8, 4) is 5.75 Å². The summed E-state index contributed by atoms with van der Waals surface area (Å²) < 4.78 is 6.23. The van der Waals surface area contributed by atoms with Crippen LogP contribution in [0.15, 0.2) is 82.4 Å². The van der Waals surface area contributed by atoms with E-state index >= 15 is 0 Å². The molecule has 162 valence electrons. The predicted molar refractivity (Wildman–Crippen MR) is 123 cm³/mol. The quantitative estimate of drug-likeness (QED) is 0.275. The zero-order chi connectivity index (χ0) is 22.9. The molecule has 0 atom stereocenters. The fourth-order valence-electron chi connectivity index (χ4n) is 2.52. The average molecular weight is 497 g/mol. The summed E-state index contributed by atoms with van der Waals surface area (Å²) in [5, 5.41) is 17.2. The van der Waals surface area contributed by atoms with Gasteiger partial charge in [0.25, 0.3) is 17.5 Å². The van der Waals surface area contributed by atoms with Gasteiger partial charge in [0.15, 0.2) is 6.61 Å². The highest BCUT2D eigenvalue weighted by molar-refractivity contribution is 9.10. The third-order valence-corrected chi connectivity index (χ3v) is 4.57. The van der Waals surface area contributed by atoms with E-state index in [2.05, 4.69) is 31.8 Å². The van der Waals surface area contributed by atoms with Gasteiger partial charge in [0.2, 0.25) is 0 Å². The number of halogens is 1. The lowest BCUT2D eigenvalue weighted by atomic mass is 10.2. The monoisotopic (exact) mass is 496 g/mol. The molecule has 0 aromatic heterocycles. The molecule has 0 saturated heterocycles. The zero-order valence-corrected chi connectivity index (χ0v) is 18.1. The minimum Gasteiger partial charge on any atom is -0.484 e. The second-order valence-corrected chi connectivity index (χ2v) is 7.34. The highest BCUT2D eigenvalue weighted by atomic mass is 79.9. The van der Waals surface area contributed by atoms with Crippen molar-refractivity contribution in [2.24, 2.45) is 5.10 Å². The molecule has 3 rings (SSSR count). The van der Waals surface area contributed by atoms with Crippen LogP contribution < -0.4 is 15.5 Å². The molecule has 3 aromatic carbocycles. The van der Waals surface area contributed by atoms with Crippen molar-refractivity contribution in [1.29, 1.82) is 0 Å². The van der Waals surface area contributed by atoms with Gasteiger partial charge >= 0.3 is 0 Å². The van der Waals surface area contributed by atoms with E-state index in [1.165, 1.54) is 30.5 Å². The number of hydrogen-bond donors (Lipinski definition) is 2. The van der Waals surface area contributed by atoms with Crippen LogP contribution in [0.25, 0.3) is 0 Å². The number of nitro benzene ring substituents is 1. The summed E-state index contributed by atoms with van der Waals surface area (Å²) in [7, 11) is 0. The predicted octanol–water partition coefficient (Wildman–Crippen LogP) is 4.14. The third-order valence-electron chi connectivity index (χ3n) is 4.08. The topological polar surface area (TPSA) is 123 Å². The molecule has 32 heavy (non-hydrogen) atoms. The Labute approximate surface area is 191 Å². The van der Waals surface area contributed by atoms with Crippen molar-refractivity contribution in [3.63, 3.8) is 0 Å². The molecule has 0 aliphatic rings. The van der Waals surface area contributed by atoms with E-state index in [9.17, 15) is 19.7 Å². The third kappa shape index (κ3) is 6.74. The molecule has 0 heterocycles. The average Bonchev–Trinajstić information content (AvgIpc) is 2.79. The number of hydrogen-bond acceptors (Lipinski definition) is 6. The lowest BCUT2D eigenvalue weighted by Crippen LogP contribution is -2.20. The second-order valence-electron chi connectivity index (χ2n) is 6.42. The van der Waals surface area contributed by atoms with Crippen LogP contribution in [-0.4, -0.2) is 29.6 Å². The molecular weight excluding hydrogens is 480 g/mol. The van der Waals surface area contributed by atoms with Crippen LogP contribution in [-0.2, 0) is 4.79 Å². The minimum atomic E-state index is -0.514. The summed E-state index contributed by atoms with van der Waals surface area (Å²) in [6, 6.07) is 19.2. The fraction of sp³-hybridized carbons (Fsp3) is 0.0455. The molecule has 9 nitrogen and oxygen atoms in total. The molecule has 0 aliphatic carbocycles. The number of carbonyl (C=O) groups is 2. The van der Waals surface area contributed by atoms with Crippen LogP contribution >= 0.6 is 15.9 Å². The van der Waals surface area contributed by atoms with Gasteiger partial charge in [-0.1, -0.05) is 22.0 Å². The summed E-state index contributed by atoms with van der Waals surface area (Å²) in [5.41, 5.74) is 4.03. The van der Waals surface area contributed by atoms with Gasteiger partial charge in [0, 0.05) is 27.9 Å². The number of anilines is 1. The molecule has 0 bridgehead atoms. The van der Waals surface area contributed by atoms with Gasteiger partial charge in [-0.25, -0.2) is 5.43 Å². The van der Waals surface area contributed by atoms with Gasteiger partial charge in [-0.2, -0.15) is 5.10 Å². The molecule has 0 aliphatic heterocycles. The fourth-order valence-corrected chi connectivity index (χ4v) is 2.92. The first-order valence-electron chi connectivity index (χ1n) is 9.27. The number of carbonyl (C=O) groups excluding carboxylic acids is 2. The van der Waals surface area contributed by atoms with Crippen LogP contribution in [0, 0.1) is 10.1 Å². The van der Waals surface area contributed by atoms with E-state index in [-0.39, 0.29) is 18.2 Å². The molecule has 2 amide bonds. The van der Waals surface area contributed by atoms with Gasteiger partial charge in [-0.3, -0.25) is 19.7 Å². The summed E-state index contributed by atoms with van der Waals surface area (Å²) in [6.45, 7) is -0.229. The Hall–Kier alpha value is -4.05. The first-order valence-corrected chi connectivity index (χ1v) is 10.1. The number of nitrogens with one attached hydrogen (secondary N) is 2. The molecule has 10 heteroatoms. The van der Waals surface area contributed by atoms with Crippen LogP contribution in [0.3, 0.4) is 0 Å². The van der Waals surface area contributed by atoms with Crippen LogP contribution in [0.2, 0.25) is 0 Å². The van der Waals surface area contributed by atoms with Gasteiger partial charge < -0.3 is 10.1 Å². The van der Waals surface area contributed by atoms with Crippen LogP contribution in [0.4, 0.5) is 11.4 Å². The molecule has 0 radical (unpaired) electrons. The second kappa shape index (κ2) is 10.8. The van der Waals surface area contributed by atoms with Crippen LogP contribution in [0.5, 0.6) is 5.75 Å². The van der Waals surface area contributed by atoms with Crippen molar-refractivity contribution < 1.29 is 19.2 Å². The van der Waals surface area contributed by atoms with Gasteiger partial charge in [-0.15, -0.1) is 0 Å². The number of nitrogens with zero attached hydrogens (tertiary/aromatic N) is 2. The number of nitro groups is 1. The number of amides is 2. The Kier molecular flexibility index (Phi) is 7.65.